The molecule has 0 unspecified atom stereocenters. The maximum atomic E-state index is 12.7. The van der Waals surface area contributed by atoms with Crippen molar-refractivity contribution in [2.45, 2.75) is 31.7 Å². The number of hydrogen-bond acceptors (Lipinski definition) is 5. The van der Waals surface area contributed by atoms with E-state index < -0.39 is 18.9 Å². The van der Waals surface area contributed by atoms with Gasteiger partial charge in [-0.1, -0.05) is 12.1 Å². The zero-order chi connectivity index (χ0) is 16.7. The van der Waals surface area contributed by atoms with Crippen molar-refractivity contribution in [3.05, 3.63) is 36.0 Å². The first-order valence-corrected chi connectivity index (χ1v) is 7.50. The molecular formula is C15H13F2N5O2. The third-order valence-corrected chi connectivity index (χ3v) is 3.76. The second kappa shape index (κ2) is 5.66. The Morgan fingerprint density at radius 2 is 2.12 bits per heavy atom. The van der Waals surface area contributed by atoms with Crippen LogP contribution in [0.1, 0.15) is 35.3 Å². The van der Waals surface area contributed by atoms with Crippen LogP contribution in [0.3, 0.4) is 0 Å². The van der Waals surface area contributed by atoms with Crippen LogP contribution in [0.15, 0.2) is 28.7 Å². The molecule has 1 aliphatic rings. The fourth-order valence-corrected chi connectivity index (χ4v) is 2.47. The quantitative estimate of drug-likeness (QED) is 0.776. The SMILES string of the molecule is O=C(Nc1nn(CC(F)F)c2ccccc12)c1nnc(C2CC2)o1. The molecule has 124 valence electrons. The number of anilines is 1. The maximum absolute atomic E-state index is 12.7. The van der Waals surface area contributed by atoms with E-state index in [1.165, 1.54) is 4.68 Å². The van der Waals surface area contributed by atoms with Gasteiger partial charge < -0.3 is 9.73 Å². The van der Waals surface area contributed by atoms with Crippen LogP contribution in [0.5, 0.6) is 0 Å². The molecule has 2 aromatic heterocycles. The molecule has 0 radical (unpaired) electrons. The second-order valence-corrected chi connectivity index (χ2v) is 5.61. The average Bonchev–Trinajstić information content (AvgIpc) is 3.20. The number of fused-ring (bicyclic) bond motifs is 1. The number of carbonyl (C=O) groups is 1. The van der Waals surface area contributed by atoms with Crippen molar-refractivity contribution in [3.63, 3.8) is 0 Å². The number of carbonyl (C=O) groups excluding carboxylic acids is 1. The van der Waals surface area contributed by atoms with Gasteiger partial charge in [0.25, 0.3) is 6.43 Å². The summed E-state index contributed by atoms with van der Waals surface area (Å²) in [6.07, 6.45) is -0.591. The highest BCUT2D eigenvalue weighted by Gasteiger charge is 2.30. The predicted octanol–water partition coefficient (Wildman–Crippen LogP) is 2.81. The number of halogens is 2. The van der Waals surface area contributed by atoms with Gasteiger partial charge in [-0.05, 0) is 25.0 Å². The minimum atomic E-state index is -2.55. The van der Waals surface area contributed by atoms with Gasteiger partial charge in [-0.2, -0.15) is 5.10 Å². The van der Waals surface area contributed by atoms with Crippen LogP contribution >= 0.6 is 0 Å². The summed E-state index contributed by atoms with van der Waals surface area (Å²) in [5.74, 6) is 0.104. The van der Waals surface area contributed by atoms with E-state index in [0.717, 1.165) is 12.8 Å². The number of amides is 1. The standard InChI is InChI=1S/C15H13F2N5O2/c16-11(17)7-22-10-4-2-1-3-9(10)12(21-22)18-13(23)15-20-19-14(24-15)8-5-6-8/h1-4,8,11H,5-7H2,(H,18,21,23). The number of alkyl halides is 2. The molecule has 1 N–H and O–H groups in total. The van der Waals surface area contributed by atoms with E-state index in [2.05, 4.69) is 20.6 Å². The number of hydrogen-bond donors (Lipinski definition) is 1. The van der Waals surface area contributed by atoms with Crippen LogP contribution in [0.25, 0.3) is 10.9 Å². The smallest absolute Gasteiger partial charge is 0.314 e. The minimum Gasteiger partial charge on any atom is -0.417 e. The highest BCUT2D eigenvalue weighted by Crippen LogP contribution is 2.39. The maximum Gasteiger partial charge on any atom is 0.314 e. The zero-order valence-electron chi connectivity index (χ0n) is 12.4. The molecule has 0 atom stereocenters. The van der Waals surface area contributed by atoms with Crippen molar-refractivity contribution in [2.24, 2.45) is 0 Å². The van der Waals surface area contributed by atoms with Crippen LogP contribution in [0.2, 0.25) is 0 Å². The molecular weight excluding hydrogens is 320 g/mol. The summed E-state index contributed by atoms with van der Waals surface area (Å²) in [6, 6.07) is 6.82. The summed E-state index contributed by atoms with van der Waals surface area (Å²) in [6.45, 7) is -0.553. The number of nitrogens with one attached hydrogen (secondary N) is 1. The first-order valence-electron chi connectivity index (χ1n) is 7.50. The Bertz CT molecular complexity index is 900. The highest BCUT2D eigenvalue weighted by atomic mass is 19.3. The van der Waals surface area contributed by atoms with Gasteiger partial charge >= 0.3 is 11.8 Å². The first-order chi connectivity index (χ1) is 11.6. The van der Waals surface area contributed by atoms with Crippen molar-refractivity contribution in [3.8, 4) is 0 Å². The molecule has 1 fully saturated rings. The number of nitrogens with zero attached hydrogens (tertiary/aromatic N) is 4. The summed E-state index contributed by atoms with van der Waals surface area (Å²) in [5.41, 5.74) is 0.511. The van der Waals surface area contributed by atoms with Gasteiger partial charge in [0.2, 0.25) is 5.89 Å². The Morgan fingerprint density at radius 3 is 2.88 bits per heavy atom. The normalized spacial score (nSPS) is 14.5. The van der Waals surface area contributed by atoms with E-state index in [4.69, 9.17) is 4.42 Å². The third-order valence-electron chi connectivity index (χ3n) is 3.76. The molecule has 4 rings (SSSR count). The number of rotatable bonds is 5. The van der Waals surface area contributed by atoms with Gasteiger partial charge in [0.1, 0.15) is 6.54 Å². The summed E-state index contributed by atoms with van der Waals surface area (Å²) >= 11 is 0. The van der Waals surface area contributed by atoms with Crippen LogP contribution in [0.4, 0.5) is 14.6 Å². The van der Waals surface area contributed by atoms with E-state index in [1.807, 2.05) is 0 Å². The lowest BCUT2D eigenvalue weighted by Gasteiger charge is -2.01. The average molecular weight is 333 g/mol. The van der Waals surface area contributed by atoms with Crippen molar-refractivity contribution >= 4 is 22.6 Å². The Morgan fingerprint density at radius 1 is 1.33 bits per heavy atom. The molecule has 1 aromatic carbocycles. The molecule has 1 saturated carbocycles. The van der Waals surface area contributed by atoms with E-state index in [1.54, 1.807) is 24.3 Å². The highest BCUT2D eigenvalue weighted by molar-refractivity contribution is 6.05. The fourth-order valence-electron chi connectivity index (χ4n) is 2.47. The van der Waals surface area contributed by atoms with Crippen molar-refractivity contribution < 1.29 is 18.0 Å². The first kappa shape index (κ1) is 14.7. The Labute approximate surface area is 134 Å². The predicted molar refractivity (Wildman–Crippen MR) is 80.0 cm³/mol. The van der Waals surface area contributed by atoms with Gasteiger partial charge in [-0.25, -0.2) is 8.78 Å². The summed E-state index contributed by atoms with van der Waals surface area (Å²) in [7, 11) is 0. The van der Waals surface area contributed by atoms with Gasteiger partial charge in [0.15, 0.2) is 5.82 Å². The van der Waals surface area contributed by atoms with Crippen molar-refractivity contribution in [1.29, 1.82) is 0 Å². The lowest BCUT2D eigenvalue weighted by molar-refractivity contribution is 0.0988. The topological polar surface area (TPSA) is 85.8 Å². The lowest BCUT2D eigenvalue weighted by Crippen LogP contribution is -2.14. The number of para-hydroxylation sites is 1. The Kier molecular flexibility index (Phi) is 3.47. The van der Waals surface area contributed by atoms with Gasteiger partial charge in [0.05, 0.1) is 5.52 Å². The van der Waals surface area contributed by atoms with Crippen LogP contribution in [-0.4, -0.2) is 32.3 Å². The van der Waals surface area contributed by atoms with Gasteiger partial charge in [0, 0.05) is 11.3 Å². The monoisotopic (exact) mass is 333 g/mol. The molecule has 0 bridgehead atoms. The van der Waals surface area contributed by atoms with E-state index >= 15 is 0 Å². The second-order valence-electron chi connectivity index (χ2n) is 5.61. The van der Waals surface area contributed by atoms with E-state index in [9.17, 15) is 13.6 Å². The molecule has 2 heterocycles. The molecule has 0 saturated heterocycles. The number of benzene rings is 1. The van der Waals surface area contributed by atoms with Crippen molar-refractivity contribution in [2.75, 3.05) is 5.32 Å². The molecule has 9 heteroatoms. The van der Waals surface area contributed by atoms with E-state index in [0.29, 0.717) is 16.8 Å². The summed E-state index contributed by atoms with van der Waals surface area (Å²) < 4.78 is 31.9. The summed E-state index contributed by atoms with van der Waals surface area (Å²) in [4.78, 5) is 12.2. The minimum absolute atomic E-state index is 0.163. The van der Waals surface area contributed by atoms with Crippen molar-refractivity contribution in [1.82, 2.24) is 20.0 Å². The number of aromatic nitrogens is 4. The molecule has 0 spiro atoms. The van der Waals surface area contributed by atoms with E-state index in [-0.39, 0.29) is 17.6 Å². The Balaban J connectivity index is 1.62. The van der Waals surface area contributed by atoms with Crippen LogP contribution < -0.4 is 5.32 Å². The zero-order valence-corrected chi connectivity index (χ0v) is 12.4. The molecule has 1 aliphatic carbocycles. The molecule has 0 aliphatic heterocycles. The van der Waals surface area contributed by atoms with Crippen LogP contribution in [-0.2, 0) is 6.54 Å². The summed E-state index contributed by atoms with van der Waals surface area (Å²) in [5, 5.41) is 14.8. The van der Waals surface area contributed by atoms with Gasteiger partial charge in [-0.3, -0.25) is 9.48 Å². The lowest BCUT2D eigenvalue weighted by atomic mass is 10.2. The molecule has 7 nitrogen and oxygen atoms in total. The molecule has 24 heavy (non-hydrogen) atoms. The third kappa shape index (κ3) is 2.72. The largest absolute Gasteiger partial charge is 0.417 e. The fraction of sp³-hybridized carbons (Fsp3) is 0.333. The Hall–Kier alpha value is -2.84. The van der Waals surface area contributed by atoms with Gasteiger partial charge in [-0.15, -0.1) is 10.2 Å². The molecule has 1 amide bonds. The van der Waals surface area contributed by atoms with Crippen LogP contribution in [0, 0.1) is 0 Å². The molecule has 3 aromatic rings.